The summed E-state index contributed by atoms with van der Waals surface area (Å²) in [6.45, 7) is 5.33. The molecule has 1 fully saturated rings. The molecule has 208 valence electrons. The number of benzene rings is 3. The SMILES string of the molecule is C/C=C/CCC1COC(c2ccc(-c3ccc(-c4ccc(CCCCCCC)c(F)c4F)cc3)c(F)c2)OC1. The van der Waals surface area contributed by atoms with E-state index in [-0.39, 0.29) is 11.4 Å². The fraction of sp³-hybridized carbons (Fsp3) is 0.412. The molecule has 1 heterocycles. The van der Waals surface area contributed by atoms with Gasteiger partial charge in [0.2, 0.25) is 0 Å². The standard InChI is InChI=1S/C34H39F3O2/c1-3-5-7-8-10-12-27-17-20-30(33(37)32(27)36)26-15-13-25(14-16-26)29-19-18-28(21-31(29)35)34-38-22-24(23-39-34)11-9-6-4-2/h4,6,13-21,24,34H,3,5,7-12,22-23H2,1-2H3/b6-4+. The summed E-state index contributed by atoms with van der Waals surface area (Å²) in [5.74, 6) is -1.65. The van der Waals surface area contributed by atoms with Crippen LogP contribution in [0.5, 0.6) is 0 Å². The van der Waals surface area contributed by atoms with Crippen molar-refractivity contribution in [3.8, 4) is 22.3 Å². The number of rotatable bonds is 12. The summed E-state index contributed by atoms with van der Waals surface area (Å²) in [4.78, 5) is 0. The van der Waals surface area contributed by atoms with Crippen molar-refractivity contribution in [1.82, 2.24) is 0 Å². The predicted octanol–water partition coefficient (Wildman–Crippen LogP) is 9.97. The van der Waals surface area contributed by atoms with Gasteiger partial charge in [0, 0.05) is 22.6 Å². The van der Waals surface area contributed by atoms with E-state index >= 15 is 4.39 Å². The molecule has 4 rings (SSSR count). The summed E-state index contributed by atoms with van der Waals surface area (Å²) >= 11 is 0. The van der Waals surface area contributed by atoms with Crippen LogP contribution >= 0.6 is 0 Å². The Morgan fingerprint density at radius 3 is 2.13 bits per heavy atom. The Kier molecular flexibility index (Phi) is 10.8. The molecule has 1 aliphatic rings. The maximum atomic E-state index is 15.1. The van der Waals surface area contributed by atoms with Gasteiger partial charge in [-0.3, -0.25) is 0 Å². The zero-order valence-corrected chi connectivity index (χ0v) is 23.0. The van der Waals surface area contributed by atoms with Gasteiger partial charge in [0.05, 0.1) is 13.2 Å². The summed E-state index contributed by atoms with van der Waals surface area (Å²) in [5.41, 5.74) is 2.90. The molecular formula is C34H39F3O2. The van der Waals surface area contributed by atoms with E-state index in [1.807, 2.05) is 19.1 Å². The first-order valence-electron chi connectivity index (χ1n) is 14.2. The van der Waals surface area contributed by atoms with Crippen LogP contribution in [0.15, 0.2) is 66.7 Å². The maximum Gasteiger partial charge on any atom is 0.183 e. The van der Waals surface area contributed by atoms with Gasteiger partial charge in [0.25, 0.3) is 0 Å². The highest BCUT2D eigenvalue weighted by atomic mass is 19.2. The Morgan fingerprint density at radius 2 is 1.46 bits per heavy atom. The van der Waals surface area contributed by atoms with Crippen molar-refractivity contribution in [3.63, 3.8) is 0 Å². The van der Waals surface area contributed by atoms with E-state index in [9.17, 15) is 8.78 Å². The zero-order chi connectivity index (χ0) is 27.6. The normalized spacial score (nSPS) is 17.7. The van der Waals surface area contributed by atoms with Gasteiger partial charge in [0.1, 0.15) is 5.82 Å². The third kappa shape index (κ3) is 7.61. The maximum absolute atomic E-state index is 15.1. The largest absolute Gasteiger partial charge is 0.348 e. The second kappa shape index (κ2) is 14.5. The smallest absolute Gasteiger partial charge is 0.183 e. The highest BCUT2D eigenvalue weighted by Gasteiger charge is 2.24. The lowest BCUT2D eigenvalue weighted by molar-refractivity contribution is -0.205. The number of hydrogen-bond acceptors (Lipinski definition) is 2. The van der Waals surface area contributed by atoms with Gasteiger partial charge in [-0.2, -0.15) is 0 Å². The molecule has 0 spiro atoms. The van der Waals surface area contributed by atoms with Crippen LogP contribution in [0.3, 0.4) is 0 Å². The summed E-state index contributed by atoms with van der Waals surface area (Å²) in [6.07, 6.45) is 11.4. The van der Waals surface area contributed by atoms with Crippen LogP contribution < -0.4 is 0 Å². The van der Waals surface area contributed by atoms with E-state index in [0.717, 1.165) is 38.5 Å². The van der Waals surface area contributed by atoms with Crippen LogP contribution in [0.2, 0.25) is 0 Å². The second-order valence-corrected chi connectivity index (χ2v) is 10.4. The monoisotopic (exact) mass is 536 g/mol. The van der Waals surface area contributed by atoms with Crippen LogP contribution in [0.25, 0.3) is 22.3 Å². The molecule has 5 heteroatoms. The van der Waals surface area contributed by atoms with Gasteiger partial charge in [-0.1, -0.05) is 93.3 Å². The molecule has 0 aliphatic carbocycles. The lowest BCUT2D eigenvalue weighted by Crippen LogP contribution is -2.27. The summed E-state index contributed by atoms with van der Waals surface area (Å²) in [6, 6.07) is 15.2. The first-order chi connectivity index (χ1) is 19.0. The highest BCUT2D eigenvalue weighted by Crippen LogP contribution is 2.33. The first-order valence-corrected chi connectivity index (χ1v) is 14.2. The zero-order valence-electron chi connectivity index (χ0n) is 23.0. The Balaban J connectivity index is 1.40. The number of aryl methyl sites for hydroxylation is 1. The summed E-state index contributed by atoms with van der Waals surface area (Å²) in [7, 11) is 0. The van der Waals surface area contributed by atoms with E-state index in [1.165, 1.54) is 12.5 Å². The van der Waals surface area contributed by atoms with Gasteiger partial charge in [-0.05, 0) is 55.4 Å². The van der Waals surface area contributed by atoms with E-state index in [4.69, 9.17) is 9.47 Å². The minimum atomic E-state index is -0.833. The highest BCUT2D eigenvalue weighted by molar-refractivity contribution is 5.71. The third-order valence-electron chi connectivity index (χ3n) is 7.43. The van der Waals surface area contributed by atoms with Gasteiger partial charge >= 0.3 is 0 Å². The van der Waals surface area contributed by atoms with Crippen LogP contribution in [0.4, 0.5) is 13.2 Å². The summed E-state index contributed by atoms with van der Waals surface area (Å²) < 4.78 is 56.5. The molecule has 0 bridgehead atoms. The second-order valence-electron chi connectivity index (χ2n) is 10.4. The Bertz CT molecular complexity index is 1230. The first kappa shape index (κ1) is 29.1. The molecule has 0 N–H and O–H groups in total. The van der Waals surface area contributed by atoms with Crippen LogP contribution in [0.1, 0.15) is 76.2 Å². The van der Waals surface area contributed by atoms with E-state index < -0.39 is 17.9 Å². The number of halogens is 3. The number of ether oxygens (including phenoxy) is 2. The predicted molar refractivity (Wildman–Crippen MR) is 152 cm³/mol. The summed E-state index contributed by atoms with van der Waals surface area (Å²) in [5, 5.41) is 0. The fourth-order valence-electron chi connectivity index (χ4n) is 5.07. The van der Waals surface area contributed by atoms with Gasteiger partial charge < -0.3 is 9.47 Å². The minimum Gasteiger partial charge on any atom is -0.348 e. The quantitative estimate of drug-likeness (QED) is 0.169. The number of allylic oxidation sites excluding steroid dienone is 2. The van der Waals surface area contributed by atoms with Crippen LogP contribution in [0, 0.1) is 23.4 Å². The molecule has 0 saturated carbocycles. The van der Waals surface area contributed by atoms with Crippen molar-refractivity contribution >= 4 is 0 Å². The van der Waals surface area contributed by atoms with Crippen molar-refractivity contribution in [3.05, 3.63) is 95.3 Å². The molecule has 3 aromatic carbocycles. The molecular weight excluding hydrogens is 497 g/mol. The minimum absolute atomic E-state index is 0.209. The lowest BCUT2D eigenvalue weighted by atomic mass is 9.96. The molecule has 0 atom stereocenters. The molecule has 0 amide bonds. The van der Waals surface area contributed by atoms with Crippen molar-refractivity contribution in [2.24, 2.45) is 5.92 Å². The molecule has 39 heavy (non-hydrogen) atoms. The van der Waals surface area contributed by atoms with Gasteiger partial charge in [0.15, 0.2) is 17.9 Å². The Morgan fingerprint density at radius 1 is 0.795 bits per heavy atom. The molecule has 0 unspecified atom stereocenters. The van der Waals surface area contributed by atoms with E-state index in [2.05, 4.69) is 13.0 Å². The van der Waals surface area contributed by atoms with E-state index in [1.54, 1.807) is 42.5 Å². The third-order valence-corrected chi connectivity index (χ3v) is 7.43. The van der Waals surface area contributed by atoms with Crippen molar-refractivity contribution < 1.29 is 22.6 Å². The van der Waals surface area contributed by atoms with Crippen molar-refractivity contribution in [2.45, 2.75) is 71.5 Å². The fourth-order valence-corrected chi connectivity index (χ4v) is 5.07. The average molecular weight is 537 g/mol. The topological polar surface area (TPSA) is 18.5 Å². The Labute approximate surface area is 230 Å². The average Bonchev–Trinajstić information content (AvgIpc) is 2.96. The van der Waals surface area contributed by atoms with Crippen LogP contribution in [-0.2, 0) is 15.9 Å². The van der Waals surface area contributed by atoms with Gasteiger partial charge in [-0.15, -0.1) is 0 Å². The number of hydrogen-bond donors (Lipinski definition) is 0. The van der Waals surface area contributed by atoms with Gasteiger partial charge in [-0.25, -0.2) is 13.2 Å². The van der Waals surface area contributed by atoms with Crippen molar-refractivity contribution in [1.29, 1.82) is 0 Å². The molecule has 1 saturated heterocycles. The molecule has 0 radical (unpaired) electrons. The number of unbranched alkanes of at least 4 members (excludes halogenated alkanes) is 4. The van der Waals surface area contributed by atoms with Crippen molar-refractivity contribution in [2.75, 3.05) is 13.2 Å². The molecule has 1 aliphatic heterocycles. The molecule has 2 nitrogen and oxygen atoms in total. The Hall–Kier alpha value is -2.89. The molecule has 0 aromatic heterocycles. The van der Waals surface area contributed by atoms with Crippen LogP contribution in [-0.4, -0.2) is 13.2 Å². The molecule has 3 aromatic rings. The lowest BCUT2D eigenvalue weighted by Gasteiger charge is -2.29. The van der Waals surface area contributed by atoms with E-state index in [0.29, 0.717) is 53.4 Å².